The molecule has 2 atom stereocenters. The van der Waals surface area contributed by atoms with Gasteiger partial charge in [0, 0.05) is 5.92 Å². The first kappa shape index (κ1) is 15.6. The third-order valence-corrected chi connectivity index (χ3v) is 7.86. The van der Waals surface area contributed by atoms with Crippen LogP contribution in [0, 0.1) is 5.92 Å². The van der Waals surface area contributed by atoms with E-state index in [1.54, 1.807) is 0 Å². The maximum Gasteiger partial charge on any atom is 0.192 e. The fraction of sp³-hybridized carbons (Fsp3) is 0.769. The number of rotatable bonds is 5. The highest BCUT2D eigenvalue weighted by Crippen LogP contribution is 2.38. The molecule has 3 heteroatoms. The normalized spacial score (nSPS) is 16.7. The van der Waals surface area contributed by atoms with Gasteiger partial charge in [0.15, 0.2) is 8.32 Å². The Balaban J connectivity index is 4.90. The van der Waals surface area contributed by atoms with E-state index in [1.165, 1.54) is 0 Å². The van der Waals surface area contributed by atoms with Gasteiger partial charge < -0.3 is 9.22 Å². The fourth-order valence-electron chi connectivity index (χ4n) is 1.22. The standard InChI is InChI=1S/C13H26O2Si/c1-10(2)12(11(3)9-14)15-16(7,8)13(4,5)6/h9,11-12H,1H2,2-8H3/t11-,12-/m0/s1. The van der Waals surface area contributed by atoms with E-state index in [9.17, 15) is 4.79 Å². The second kappa shape index (κ2) is 5.28. The summed E-state index contributed by atoms with van der Waals surface area (Å²) in [7, 11) is -1.83. The minimum absolute atomic E-state index is 0.119. The molecule has 0 heterocycles. The summed E-state index contributed by atoms with van der Waals surface area (Å²) in [5.74, 6) is -0.119. The second-order valence-electron chi connectivity index (χ2n) is 6.14. The molecule has 2 nitrogen and oxygen atoms in total. The van der Waals surface area contributed by atoms with Crippen LogP contribution in [0.3, 0.4) is 0 Å². The van der Waals surface area contributed by atoms with Crippen molar-refractivity contribution in [1.29, 1.82) is 0 Å². The molecule has 0 saturated heterocycles. The third kappa shape index (κ3) is 3.87. The van der Waals surface area contributed by atoms with Crippen molar-refractivity contribution in [3.05, 3.63) is 12.2 Å². The average molecular weight is 242 g/mol. The van der Waals surface area contributed by atoms with Gasteiger partial charge >= 0.3 is 0 Å². The van der Waals surface area contributed by atoms with Gasteiger partial charge in [-0.25, -0.2) is 0 Å². The number of carbonyl (C=O) groups excluding carboxylic acids is 1. The van der Waals surface area contributed by atoms with Crippen molar-refractivity contribution < 1.29 is 9.22 Å². The maximum atomic E-state index is 10.9. The first-order chi connectivity index (χ1) is 7.03. The highest BCUT2D eigenvalue weighted by molar-refractivity contribution is 6.74. The molecule has 0 aromatic rings. The van der Waals surface area contributed by atoms with Crippen molar-refractivity contribution in [3.8, 4) is 0 Å². The summed E-state index contributed by atoms with van der Waals surface area (Å²) in [4.78, 5) is 10.9. The lowest BCUT2D eigenvalue weighted by Crippen LogP contribution is -2.46. The van der Waals surface area contributed by atoms with E-state index in [2.05, 4.69) is 40.4 Å². The monoisotopic (exact) mass is 242 g/mol. The Kier molecular flexibility index (Phi) is 5.14. The summed E-state index contributed by atoms with van der Waals surface area (Å²) in [5, 5.41) is 0.156. The van der Waals surface area contributed by atoms with Gasteiger partial charge in [-0.15, -0.1) is 0 Å². The SMILES string of the molecule is C=C(C)[C@H](O[Si](C)(C)C(C)(C)C)[C@@H](C)C=O. The lowest BCUT2D eigenvalue weighted by molar-refractivity contribution is -0.112. The van der Waals surface area contributed by atoms with Crippen LogP contribution in [-0.4, -0.2) is 20.7 Å². The molecule has 0 aromatic carbocycles. The topological polar surface area (TPSA) is 26.3 Å². The lowest BCUT2D eigenvalue weighted by atomic mass is 10.0. The molecule has 0 spiro atoms. The summed E-state index contributed by atoms with van der Waals surface area (Å²) < 4.78 is 6.22. The van der Waals surface area contributed by atoms with Crippen LogP contribution in [-0.2, 0) is 9.22 Å². The van der Waals surface area contributed by atoms with E-state index in [0.717, 1.165) is 11.9 Å². The minimum atomic E-state index is -1.83. The van der Waals surface area contributed by atoms with Crippen LogP contribution in [0.5, 0.6) is 0 Å². The number of aldehydes is 1. The Hall–Kier alpha value is -0.413. The molecule has 94 valence electrons. The van der Waals surface area contributed by atoms with Crippen LogP contribution in [0.25, 0.3) is 0 Å². The van der Waals surface area contributed by atoms with Crippen LogP contribution in [0.2, 0.25) is 18.1 Å². The van der Waals surface area contributed by atoms with Gasteiger partial charge in [0.2, 0.25) is 0 Å². The quantitative estimate of drug-likeness (QED) is 0.416. The minimum Gasteiger partial charge on any atom is -0.410 e. The van der Waals surface area contributed by atoms with Crippen LogP contribution in [0.4, 0.5) is 0 Å². The molecule has 0 aliphatic heterocycles. The molecule has 0 aliphatic rings. The van der Waals surface area contributed by atoms with Gasteiger partial charge in [-0.1, -0.05) is 39.8 Å². The summed E-state index contributed by atoms with van der Waals surface area (Å²) in [6.07, 6.45) is 0.811. The molecule has 0 fully saturated rings. The third-order valence-electron chi connectivity index (χ3n) is 3.41. The summed E-state index contributed by atoms with van der Waals surface area (Å²) in [6, 6.07) is 0. The van der Waals surface area contributed by atoms with Crippen molar-refractivity contribution in [2.24, 2.45) is 5.92 Å². The van der Waals surface area contributed by atoms with Crippen LogP contribution >= 0.6 is 0 Å². The molecule has 0 amide bonds. The van der Waals surface area contributed by atoms with Gasteiger partial charge in [-0.05, 0) is 25.1 Å². The zero-order valence-corrected chi connectivity index (χ0v) is 12.8. The van der Waals surface area contributed by atoms with Gasteiger partial charge in [0.1, 0.15) is 6.29 Å². The predicted molar refractivity (Wildman–Crippen MR) is 72.1 cm³/mol. The highest BCUT2D eigenvalue weighted by Gasteiger charge is 2.40. The molecule has 0 radical (unpaired) electrons. The van der Waals surface area contributed by atoms with Crippen LogP contribution in [0.15, 0.2) is 12.2 Å². The Morgan fingerprint density at radius 3 is 2.06 bits per heavy atom. The number of hydrogen-bond donors (Lipinski definition) is 0. The second-order valence-corrected chi connectivity index (χ2v) is 10.9. The van der Waals surface area contributed by atoms with Crippen molar-refractivity contribution in [2.75, 3.05) is 0 Å². The van der Waals surface area contributed by atoms with E-state index >= 15 is 0 Å². The first-order valence-electron chi connectivity index (χ1n) is 5.81. The molecular formula is C13H26O2Si. The molecule has 0 saturated carbocycles. The van der Waals surface area contributed by atoms with Gasteiger partial charge in [-0.3, -0.25) is 0 Å². The molecule has 0 aliphatic carbocycles. The first-order valence-corrected chi connectivity index (χ1v) is 8.72. The van der Waals surface area contributed by atoms with E-state index in [4.69, 9.17) is 4.43 Å². The van der Waals surface area contributed by atoms with E-state index in [0.29, 0.717) is 0 Å². The van der Waals surface area contributed by atoms with E-state index in [1.807, 2.05) is 13.8 Å². The van der Waals surface area contributed by atoms with Gasteiger partial charge in [0.25, 0.3) is 0 Å². The van der Waals surface area contributed by atoms with E-state index < -0.39 is 8.32 Å². The summed E-state index contributed by atoms with van der Waals surface area (Å²) in [5.41, 5.74) is 0.935. The fourth-order valence-corrected chi connectivity index (χ4v) is 2.63. The highest BCUT2D eigenvalue weighted by atomic mass is 28.4. The molecule has 0 unspecified atom stereocenters. The Bertz CT molecular complexity index is 264. The zero-order valence-electron chi connectivity index (χ0n) is 11.8. The number of hydrogen-bond acceptors (Lipinski definition) is 2. The van der Waals surface area contributed by atoms with E-state index in [-0.39, 0.29) is 17.1 Å². The van der Waals surface area contributed by atoms with Crippen molar-refractivity contribution in [3.63, 3.8) is 0 Å². The lowest BCUT2D eigenvalue weighted by Gasteiger charge is -2.40. The largest absolute Gasteiger partial charge is 0.410 e. The summed E-state index contributed by atoms with van der Waals surface area (Å²) >= 11 is 0. The van der Waals surface area contributed by atoms with Gasteiger partial charge in [-0.2, -0.15) is 0 Å². The Morgan fingerprint density at radius 2 is 1.81 bits per heavy atom. The number of carbonyl (C=O) groups is 1. The summed E-state index contributed by atoms with van der Waals surface area (Å²) in [6.45, 7) is 18.7. The molecule has 0 rings (SSSR count). The van der Waals surface area contributed by atoms with Crippen molar-refractivity contribution in [2.45, 2.75) is 58.9 Å². The van der Waals surface area contributed by atoms with Crippen molar-refractivity contribution >= 4 is 14.6 Å². The Labute approximate surface area is 101 Å². The Morgan fingerprint density at radius 1 is 1.38 bits per heavy atom. The zero-order chi connectivity index (χ0) is 13.1. The van der Waals surface area contributed by atoms with Crippen molar-refractivity contribution in [1.82, 2.24) is 0 Å². The van der Waals surface area contributed by atoms with Gasteiger partial charge in [0.05, 0.1) is 6.10 Å². The van der Waals surface area contributed by atoms with Crippen LogP contribution in [0.1, 0.15) is 34.6 Å². The predicted octanol–water partition coefficient (Wildman–Crippen LogP) is 3.79. The molecule has 16 heavy (non-hydrogen) atoms. The average Bonchev–Trinajstić information content (AvgIpc) is 2.10. The molecule has 0 bridgehead atoms. The molecular weight excluding hydrogens is 216 g/mol. The molecule has 0 aromatic heterocycles. The maximum absolute atomic E-state index is 10.9. The molecule has 0 N–H and O–H groups in total. The van der Waals surface area contributed by atoms with Crippen LogP contribution < -0.4 is 0 Å². The smallest absolute Gasteiger partial charge is 0.192 e.